The molecule has 1 atom stereocenters. The van der Waals surface area contributed by atoms with Gasteiger partial charge in [-0.3, -0.25) is 9.36 Å². The van der Waals surface area contributed by atoms with Crippen LogP contribution in [0.4, 0.5) is 5.69 Å². The van der Waals surface area contributed by atoms with Gasteiger partial charge in [-0.25, -0.2) is 9.79 Å². The topological polar surface area (TPSA) is 73.1 Å². The second-order valence-electron chi connectivity index (χ2n) is 9.77. The average Bonchev–Trinajstić information content (AvgIpc) is 3.26. The van der Waals surface area contributed by atoms with Gasteiger partial charge >= 0.3 is 5.97 Å². The van der Waals surface area contributed by atoms with Crippen LogP contribution in [0.15, 0.2) is 93.9 Å². The first-order chi connectivity index (χ1) is 19.7. The summed E-state index contributed by atoms with van der Waals surface area (Å²) in [6.07, 6.45) is 1.84. The number of halogens is 1. The molecule has 0 radical (unpaired) electrons. The molecule has 0 aliphatic carbocycles. The second kappa shape index (κ2) is 12.2. The largest absolute Gasteiger partial charge is 0.489 e. The third kappa shape index (κ3) is 6.14. The summed E-state index contributed by atoms with van der Waals surface area (Å²) in [5, 5.41) is 0.684. The van der Waals surface area contributed by atoms with E-state index in [1.54, 1.807) is 18.4 Å². The molecule has 7 nitrogen and oxygen atoms in total. The standard InChI is InChI=1S/C32H30ClN3O4S/c1-5-39-31(38)28-20(2)34-32-36(29(28)23-10-14-25(15-11-23)35(3)4)30(37)27(41-32)18-21-8-16-26(17-9-21)40-19-22-6-12-24(33)13-7-22/h6-18,29H,5,19H2,1-4H3/b27-18-. The molecule has 1 aromatic heterocycles. The van der Waals surface area contributed by atoms with E-state index >= 15 is 0 Å². The van der Waals surface area contributed by atoms with Gasteiger partial charge in [-0.1, -0.05) is 59.3 Å². The van der Waals surface area contributed by atoms with E-state index in [-0.39, 0.29) is 12.2 Å². The number of allylic oxidation sites excluding steroid dienone is 1. The van der Waals surface area contributed by atoms with Gasteiger partial charge in [0, 0.05) is 24.8 Å². The van der Waals surface area contributed by atoms with E-state index in [0.717, 1.165) is 28.1 Å². The Morgan fingerprint density at radius 3 is 2.37 bits per heavy atom. The van der Waals surface area contributed by atoms with E-state index in [1.165, 1.54) is 11.3 Å². The summed E-state index contributed by atoms with van der Waals surface area (Å²) in [5.74, 6) is 0.244. The minimum absolute atomic E-state index is 0.215. The van der Waals surface area contributed by atoms with Crippen LogP contribution in [-0.4, -0.2) is 31.2 Å². The maximum atomic E-state index is 13.8. The van der Waals surface area contributed by atoms with Gasteiger partial charge in [-0.05, 0) is 73.0 Å². The number of ether oxygens (including phenoxy) is 2. The van der Waals surface area contributed by atoms with Gasteiger partial charge in [0.1, 0.15) is 12.4 Å². The van der Waals surface area contributed by atoms with Crippen molar-refractivity contribution in [1.29, 1.82) is 0 Å². The van der Waals surface area contributed by atoms with Crippen molar-refractivity contribution in [2.24, 2.45) is 4.99 Å². The quantitative estimate of drug-likeness (QED) is 0.268. The Kier molecular flexibility index (Phi) is 8.42. The highest BCUT2D eigenvalue weighted by atomic mass is 35.5. The van der Waals surface area contributed by atoms with E-state index in [1.807, 2.05) is 97.9 Å². The van der Waals surface area contributed by atoms with Crippen LogP contribution in [0.3, 0.4) is 0 Å². The number of esters is 1. The molecule has 41 heavy (non-hydrogen) atoms. The Labute approximate surface area is 247 Å². The number of benzene rings is 3. The van der Waals surface area contributed by atoms with Gasteiger partial charge < -0.3 is 14.4 Å². The zero-order valence-corrected chi connectivity index (χ0v) is 24.8. The molecule has 1 aliphatic heterocycles. The molecule has 0 spiro atoms. The second-order valence-corrected chi connectivity index (χ2v) is 11.2. The molecule has 3 aromatic carbocycles. The molecule has 0 saturated carbocycles. The predicted molar refractivity (Wildman–Crippen MR) is 163 cm³/mol. The molecule has 2 heterocycles. The van der Waals surface area contributed by atoms with Crippen LogP contribution < -0.4 is 24.5 Å². The van der Waals surface area contributed by atoms with Crippen molar-refractivity contribution < 1.29 is 14.3 Å². The number of rotatable bonds is 8. The lowest BCUT2D eigenvalue weighted by atomic mass is 9.95. The minimum atomic E-state index is -0.646. The highest BCUT2D eigenvalue weighted by molar-refractivity contribution is 7.07. The molecular weight excluding hydrogens is 558 g/mol. The van der Waals surface area contributed by atoms with Gasteiger partial charge in [0.15, 0.2) is 4.80 Å². The van der Waals surface area contributed by atoms with Gasteiger partial charge in [-0.15, -0.1) is 0 Å². The van der Waals surface area contributed by atoms with E-state index in [2.05, 4.69) is 4.99 Å². The summed E-state index contributed by atoms with van der Waals surface area (Å²) in [5.41, 5.74) is 4.38. The van der Waals surface area contributed by atoms with Crippen molar-refractivity contribution in [1.82, 2.24) is 4.57 Å². The Hall–Kier alpha value is -4.14. The number of fused-ring (bicyclic) bond motifs is 1. The monoisotopic (exact) mass is 587 g/mol. The average molecular weight is 588 g/mol. The first-order valence-corrected chi connectivity index (χ1v) is 14.4. The van der Waals surface area contributed by atoms with Crippen molar-refractivity contribution in [2.75, 3.05) is 25.6 Å². The van der Waals surface area contributed by atoms with Gasteiger partial charge in [0.05, 0.1) is 28.5 Å². The number of carbonyl (C=O) groups excluding carboxylic acids is 1. The zero-order chi connectivity index (χ0) is 29.1. The number of aromatic nitrogens is 1. The Morgan fingerprint density at radius 2 is 1.73 bits per heavy atom. The third-order valence-electron chi connectivity index (χ3n) is 6.74. The van der Waals surface area contributed by atoms with Gasteiger partial charge in [0.25, 0.3) is 5.56 Å². The summed E-state index contributed by atoms with van der Waals surface area (Å²) in [4.78, 5) is 34.1. The lowest BCUT2D eigenvalue weighted by Gasteiger charge is -2.25. The highest BCUT2D eigenvalue weighted by Crippen LogP contribution is 2.31. The molecule has 4 aromatic rings. The Bertz CT molecular complexity index is 1770. The number of hydrogen-bond donors (Lipinski definition) is 0. The van der Waals surface area contributed by atoms with Crippen LogP contribution in [0.2, 0.25) is 5.02 Å². The fourth-order valence-electron chi connectivity index (χ4n) is 4.62. The number of anilines is 1. The molecule has 0 amide bonds. The van der Waals surface area contributed by atoms with Gasteiger partial charge in [0.2, 0.25) is 0 Å². The maximum Gasteiger partial charge on any atom is 0.338 e. The fraction of sp³-hybridized carbons (Fsp3) is 0.219. The van der Waals surface area contributed by atoms with E-state index in [4.69, 9.17) is 21.1 Å². The number of thiazole rings is 1. The molecule has 1 aliphatic rings. The summed E-state index contributed by atoms with van der Waals surface area (Å²) in [6, 6.07) is 22.3. The molecule has 9 heteroatoms. The lowest BCUT2D eigenvalue weighted by Crippen LogP contribution is -2.39. The SMILES string of the molecule is CCOC(=O)C1=C(C)N=c2s/c(=C\c3ccc(OCc4ccc(Cl)cc4)cc3)c(=O)n2C1c1ccc(N(C)C)cc1. The molecule has 0 N–H and O–H groups in total. The Balaban J connectivity index is 1.49. The molecule has 0 saturated heterocycles. The van der Waals surface area contributed by atoms with Crippen LogP contribution in [0.1, 0.15) is 36.6 Å². The van der Waals surface area contributed by atoms with Crippen molar-refractivity contribution in [2.45, 2.75) is 26.5 Å². The van der Waals surface area contributed by atoms with E-state index in [9.17, 15) is 9.59 Å². The summed E-state index contributed by atoms with van der Waals surface area (Å²) in [7, 11) is 3.93. The first kappa shape index (κ1) is 28.4. The fourth-order valence-corrected chi connectivity index (χ4v) is 5.79. The maximum absolute atomic E-state index is 13.8. The molecular formula is C32H30ClN3O4S. The van der Waals surface area contributed by atoms with E-state index in [0.29, 0.717) is 32.2 Å². The van der Waals surface area contributed by atoms with Crippen LogP contribution in [0.5, 0.6) is 5.75 Å². The highest BCUT2D eigenvalue weighted by Gasteiger charge is 2.33. The van der Waals surface area contributed by atoms with Crippen LogP contribution in [0.25, 0.3) is 6.08 Å². The minimum Gasteiger partial charge on any atom is -0.489 e. The molecule has 0 bridgehead atoms. The van der Waals surface area contributed by atoms with Gasteiger partial charge in [-0.2, -0.15) is 0 Å². The number of nitrogens with zero attached hydrogens (tertiary/aromatic N) is 3. The first-order valence-electron chi connectivity index (χ1n) is 13.2. The molecule has 1 unspecified atom stereocenters. The summed E-state index contributed by atoms with van der Waals surface area (Å²) >= 11 is 7.25. The lowest BCUT2D eigenvalue weighted by molar-refractivity contribution is -0.139. The number of hydrogen-bond acceptors (Lipinski definition) is 7. The summed E-state index contributed by atoms with van der Waals surface area (Å²) < 4.78 is 13.4. The normalized spacial score (nSPS) is 14.9. The zero-order valence-electron chi connectivity index (χ0n) is 23.3. The number of carbonyl (C=O) groups is 1. The molecule has 5 rings (SSSR count). The van der Waals surface area contributed by atoms with Crippen molar-refractivity contribution in [3.8, 4) is 5.75 Å². The smallest absolute Gasteiger partial charge is 0.338 e. The Morgan fingerprint density at radius 1 is 1.05 bits per heavy atom. The molecule has 210 valence electrons. The predicted octanol–water partition coefficient (Wildman–Crippen LogP) is 5.10. The van der Waals surface area contributed by atoms with E-state index < -0.39 is 12.0 Å². The van der Waals surface area contributed by atoms with Crippen LogP contribution in [-0.2, 0) is 16.1 Å². The third-order valence-corrected chi connectivity index (χ3v) is 7.97. The van der Waals surface area contributed by atoms with Crippen molar-refractivity contribution in [3.05, 3.63) is 125 Å². The van der Waals surface area contributed by atoms with Crippen molar-refractivity contribution >= 4 is 40.7 Å². The summed E-state index contributed by atoms with van der Waals surface area (Å²) in [6.45, 7) is 4.20. The molecule has 0 fully saturated rings. The van der Waals surface area contributed by atoms with Crippen LogP contribution in [0, 0.1) is 0 Å². The van der Waals surface area contributed by atoms with Crippen LogP contribution >= 0.6 is 22.9 Å². The van der Waals surface area contributed by atoms with Crippen molar-refractivity contribution in [3.63, 3.8) is 0 Å².